The van der Waals surface area contributed by atoms with E-state index in [0.29, 0.717) is 23.8 Å². The zero-order valence-corrected chi connectivity index (χ0v) is 19.6. The number of aromatic nitrogens is 1. The van der Waals surface area contributed by atoms with Crippen molar-refractivity contribution in [1.82, 2.24) is 9.88 Å². The normalized spacial score (nSPS) is 11.2. The van der Waals surface area contributed by atoms with Crippen molar-refractivity contribution in [2.45, 2.75) is 27.7 Å². The molecule has 1 heterocycles. The Bertz CT molecular complexity index is 1090. The maximum absolute atomic E-state index is 13.7. The minimum Gasteiger partial charge on any atom is -0.465 e. The first-order chi connectivity index (χ1) is 14.9. The number of carbonyl (C=O) groups excluding carboxylic acids is 2. The molecule has 3 rings (SSSR count). The van der Waals surface area contributed by atoms with Crippen LogP contribution in [-0.2, 0) is 4.74 Å². The molecular weight excluding hydrogens is 410 g/mol. The van der Waals surface area contributed by atoms with Gasteiger partial charge in [0.15, 0.2) is 5.13 Å². The number of nitrogens with zero attached hydrogens (tertiary/aromatic N) is 3. The van der Waals surface area contributed by atoms with Gasteiger partial charge in [0.2, 0.25) is 0 Å². The van der Waals surface area contributed by atoms with Crippen LogP contribution in [0.15, 0.2) is 36.4 Å². The van der Waals surface area contributed by atoms with Crippen LogP contribution < -0.4 is 4.90 Å². The van der Waals surface area contributed by atoms with E-state index in [9.17, 15) is 9.59 Å². The van der Waals surface area contributed by atoms with Crippen molar-refractivity contribution >= 4 is 38.6 Å². The van der Waals surface area contributed by atoms with Crippen molar-refractivity contribution in [3.8, 4) is 0 Å². The molecule has 0 atom stereocenters. The maximum Gasteiger partial charge on any atom is 0.338 e. The number of esters is 1. The topological polar surface area (TPSA) is 62.7 Å². The Hall–Kier alpha value is -2.77. The van der Waals surface area contributed by atoms with Gasteiger partial charge in [0.1, 0.15) is 0 Å². The Morgan fingerprint density at radius 1 is 1.03 bits per heavy atom. The van der Waals surface area contributed by atoms with E-state index in [1.807, 2.05) is 6.92 Å². The Morgan fingerprint density at radius 2 is 1.71 bits per heavy atom. The van der Waals surface area contributed by atoms with Gasteiger partial charge in [-0.1, -0.05) is 43.4 Å². The van der Waals surface area contributed by atoms with Crippen molar-refractivity contribution in [2.24, 2.45) is 0 Å². The van der Waals surface area contributed by atoms with Crippen molar-refractivity contribution in [3.63, 3.8) is 0 Å². The van der Waals surface area contributed by atoms with E-state index in [0.717, 1.165) is 34.4 Å². The van der Waals surface area contributed by atoms with Crippen LogP contribution in [0.5, 0.6) is 0 Å². The number of hydrogen-bond donors (Lipinski definition) is 0. The molecule has 0 spiro atoms. The molecule has 164 valence electrons. The monoisotopic (exact) mass is 439 g/mol. The average Bonchev–Trinajstić information content (AvgIpc) is 3.20. The lowest BCUT2D eigenvalue weighted by Gasteiger charge is -2.25. The number of benzene rings is 2. The Balaban J connectivity index is 2.06. The number of methoxy groups -OCH3 is 1. The van der Waals surface area contributed by atoms with Crippen molar-refractivity contribution in [1.29, 1.82) is 0 Å². The van der Waals surface area contributed by atoms with Gasteiger partial charge < -0.3 is 9.64 Å². The molecule has 0 aliphatic carbocycles. The summed E-state index contributed by atoms with van der Waals surface area (Å²) in [6, 6.07) is 11.0. The summed E-state index contributed by atoms with van der Waals surface area (Å²) in [5.74, 6) is -0.773. The van der Waals surface area contributed by atoms with Gasteiger partial charge in [-0.3, -0.25) is 9.69 Å². The van der Waals surface area contributed by atoms with Crippen LogP contribution in [0.4, 0.5) is 5.13 Å². The Labute approximate surface area is 187 Å². The van der Waals surface area contributed by atoms with Gasteiger partial charge in [-0.25, -0.2) is 9.78 Å². The number of aryl methyl sites for hydroxylation is 2. The van der Waals surface area contributed by atoms with Gasteiger partial charge in [-0.05, 0) is 56.3 Å². The van der Waals surface area contributed by atoms with Gasteiger partial charge in [0.05, 0.1) is 28.5 Å². The number of thiazole rings is 1. The summed E-state index contributed by atoms with van der Waals surface area (Å²) in [4.78, 5) is 34.7. The summed E-state index contributed by atoms with van der Waals surface area (Å²) < 4.78 is 5.94. The van der Waals surface area contributed by atoms with E-state index >= 15 is 0 Å². The smallest absolute Gasteiger partial charge is 0.338 e. The molecular formula is C24H29N3O3S. The second-order valence-corrected chi connectivity index (χ2v) is 8.45. The molecule has 0 aliphatic heterocycles. The molecule has 0 N–H and O–H groups in total. The molecule has 0 unspecified atom stereocenters. The van der Waals surface area contributed by atoms with Gasteiger partial charge >= 0.3 is 5.97 Å². The number of rotatable bonds is 8. The Morgan fingerprint density at radius 3 is 2.35 bits per heavy atom. The van der Waals surface area contributed by atoms with E-state index in [4.69, 9.17) is 9.72 Å². The lowest BCUT2D eigenvalue weighted by molar-refractivity contribution is 0.0597. The first-order valence-electron chi connectivity index (χ1n) is 10.5. The van der Waals surface area contributed by atoms with Crippen molar-refractivity contribution in [2.75, 3.05) is 38.2 Å². The minimum atomic E-state index is -0.525. The fourth-order valence-electron chi connectivity index (χ4n) is 3.64. The highest BCUT2D eigenvalue weighted by Crippen LogP contribution is 2.32. The highest BCUT2D eigenvalue weighted by Gasteiger charge is 2.26. The molecule has 0 fully saturated rings. The van der Waals surface area contributed by atoms with Gasteiger partial charge in [-0.15, -0.1) is 0 Å². The number of carbonyl (C=O) groups is 2. The Kier molecular flexibility index (Phi) is 7.41. The van der Waals surface area contributed by atoms with Crippen molar-refractivity contribution < 1.29 is 14.3 Å². The number of anilines is 1. The summed E-state index contributed by atoms with van der Waals surface area (Å²) in [5.41, 5.74) is 3.74. The third-order valence-electron chi connectivity index (χ3n) is 5.39. The molecule has 2 aromatic carbocycles. The summed E-state index contributed by atoms with van der Waals surface area (Å²) in [6.07, 6.45) is 0. The predicted octanol–water partition coefficient (Wildman–Crippen LogP) is 4.69. The molecule has 0 radical (unpaired) electrons. The zero-order valence-electron chi connectivity index (χ0n) is 18.8. The van der Waals surface area contributed by atoms with E-state index in [1.165, 1.54) is 18.4 Å². The maximum atomic E-state index is 13.7. The quantitative estimate of drug-likeness (QED) is 0.477. The van der Waals surface area contributed by atoms with Crippen LogP contribution in [0.3, 0.4) is 0 Å². The summed E-state index contributed by atoms with van der Waals surface area (Å²) in [7, 11) is 1.32. The molecule has 0 saturated carbocycles. The molecule has 0 aliphatic rings. The van der Waals surface area contributed by atoms with Crippen LogP contribution in [0, 0.1) is 13.8 Å². The number of ether oxygens (including phenoxy) is 1. The van der Waals surface area contributed by atoms with E-state index < -0.39 is 5.97 Å². The highest BCUT2D eigenvalue weighted by atomic mass is 32.1. The molecule has 0 saturated heterocycles. The van der Waals surface area contributed by atoms with Crippen LogP contribution in [0.1, 0.15) is 45.7 Å². The number of hydrogen-bond acceptors (Lipinski definition) is 6. The fraction of sp³-hybridized carbons (Fsp3) is 0.375. The molecule has 1 aromatic heterocycles. The zero-order chi connectivity index (χ0) is 22.5. The number of likely N-dealkylation sites (N-methyl/N-ethyl adjacent to an activating group) is 1. The van der Waals surface area contributed by atoms with E-state index in [-0.39, 0.29) is 11.5 Å². The first kappa shape index (κ1) is 22.9. The predicted molar refractivity (Wildman–Crippen MR) is 126 cm³/mol. The van der Waals surface area contributed by atoms with E-state index in [2.05, 4.69) is 37.8 Å². The van der Waals surface area contributed by atoms with E-state index in [1.54, 1.807) is 29.2 Å². The van der Waals surface area contributed by atoms with Gasteiger partial charge in [0.25, 0.3) is 5.91 Å². The van der Waals surface area contributed by atoms with Crippen LogP contribution in [0.25, 0.3) is 10.2 Å². The molecule has 31 heavy (non-hydrogen) atoms. The fourth-order valence-corrected chi connectivity index (χ4v) is 4.81. The van der Waals surface area contributed by atoms with Crippen LogP contribution in [-0.4, -0.2) is 55.0 Å². The van der Waals surface area contributed by atoms with Crippen LogP contribution >= 0.6 is 11.3 Å². The van der Waals surface area contributed by atoms with Crippen molar-refractivity contribution in [3.05, 3.63) is 58.7 Å². The molecule has 6 nitrogen and oxygen atoms in total. The molecule has 3 aromatic rings. The van der Waals surface area contributed by atoms with Crippen LogP contribution in [0.2, 0.25) is 0 Å². The second-order valence-electron chi connectivity index (χ2n) is 7.45. The molecule has 0 bridgehead atoms. The third kappa shape index (κ3) is 4.94. The van der Waals surface area contributed by atoms with Gasteiger partial charge in [0, 0.05) is 13.1 Å². The van der Waals surface area contributed by atoms with Gasteiger partial charge in [-0.2, -0.15) is 0 Å². The minimum absolute atomic E-state index is 0.249. The summed E-state index contributed by atoms with van der Waals surface area (Å²) in [5, 5.41) is 0.639. The first-order valence-corrected chi connectivity index (χ1v) is 11.3. The number of amides is 1. The largest absolute Gasteiger partial charge is 0.465 e. The lowest BCUT2D eigenvalue weighted by atomic mass is 10.1. The standard InChI is InChI=1S/C24H29N3O3S/c1-6-26(7-2)12-13-27(22(28)18-10-8-9-11-19(18)23(29)30-5)24-25-21-17(4)14-16(3)15-20(21)31-24/h8-11,14-15H,6-7,12-13H2,1-5H3. The summed E-state index contributed by atoms with van der Waals surface area (Å²) >= 11 is 1.50. The lowest BCUT2D eigenvalue weighted by Crippen LogP contribution is -2.39. The third-order valence-corrected chi connectivity index (χ3v) is 6.42. The highest BCUT2D eigenvalue weighted by molar-refractivity contribution is 7.22. The second kappa shape index (κ2) is 10.0. The number of fused-ring (bicyclic) bond motifs is 1. The molecule has 1 amide bonds. The average molecular weight is 440 g/mol. The summed E-state index contributed by atoms with van der Waals surface area (Å²) in [6.45, 7) is 11.3. The molecule has 7 heteroatoms. The SMILES string of the molecule is CCN(CC)CCN(C(=O)c1ccccc1C(=O)OC)c1nc2c(C)cc(C)cc2s1.